The van der Waals surface area contributed by atoms with Gasteiger partial charge in [-0.3, -0.25) is 0 Å². The summed E-state index contributed by atoms with van der Waals surface area (Å²) < 4.78 is 0. The molecule has 0 aromatic carbocycles. The van der Waals surface area contributed by atoms with Gasteiger partial charge in [0.15, 0.2) is 0 Å². The lowest BCUT2D eigenvalue weighted by Gasteiger charge is -2.27. The molecule has 88 valence electrons. The van der Waals surface area contributed by atoms with Gasteiger partial charge in [-0.1, -0.05) is 30.5 Å². The van der Waals surface area contributed by atoms with Crippen molar-refractivity contribution in [1.29, 1.82) is 0 Å². The average Bonchev–Trinajstić information content (AvgIpc) is 2.76. The van der Waals surface area contributed by atoms with Crippen LogP contribution in [0.2, 0.25) is 5.15 Å². The second-order valence-electron chi connectivity index (χ2n) is 4.45. The minimum absolute atomic E-state index is 0.0933. The van der Waals surface area contributed by atoms with Gasteiger partial charge in [-0.2, -0.15) is 0 Å². The number of pyridine rings is 1. The van der Waals surface area contributed by atoms with Crippen LogP contribution in [0, 0.1) is 0 Å². The molecule has 1 aromatic rings. The molecule has 2 N–H and O–H groups in total. The Morgan fingerprint density at radius 3 is 2.75 bits per heavy atom. The van der Waals surface area contributed by atoms with Crippen molar-refractivity contribution in [3.8, 4) is 0 Å². The molecule has 0 unspecified atom stereocenters. The predicted molar refractivity (Wildman–Crippen MR) is 64.4 cm³/mol. The van der Waals surface area contributed by atoms with E-state index in [-0.39, 0.29) is 12.1 Å². The minimum atomic E-state index is -0.0933. The van der Waals surface area contributed by atoms with Crippen LogP contribution in [0.5, 0.6) is 0 Å². The van der Waals surface area contributed by atoms with Crippen molar-refractivity contribution in [2.24, 2.45) is 0 Å². The van der Waals surface area contributed by atoms with Gasteiger partial charge in [0.2, 0.25) is 0 Å². The molecule has 0 aliphatic heterocycles. The fraction of sp³-hybridized carbons (Fsp3) is 0.583. The third-order valence-electron chi connectivity index (χ3n) is 3.28. The van der Waals surface area contributed by atoms with E-state index in [0.717, 1.165) is 18.5 Å². The van der Waals surface area contributed by atoms with Crippen LogP contribution in [-0.2, 0) is 6.54 Å². The van der Waals surface area contributed by atoms with E-state index in [2.05, 4.69) is 10.3 Å². The van der Waals surface area contributed by atoms with Crippen molar-refractivity contribution < 1.29 is 5.11 Å². The van der Waals surface area contributed by atoms with Gasteiger partial charge >= 0.3 is 0 Å². The lowest BCUT2D eigenvalue weighted by molar-refractivity contribution is 0.162. The molecule has 0 atom stereocenters. The van der Waals surface area contributed by atoms with Gasteiger partial charge in [0, 0.05) is 12.1 Å². The maximum absolute atomic E-state index is 9.44. The second kappa shape index (κ2) is 5.13. The Balaban J connectivity index is 1.95. The third-order valence-corrected chi connectivity index (χ3v) is 3.49. The maximum atomic E-state index is 9.44. The van der Waals surface area contributed by atoms with E-state index in [0.29, 0.717) is 11.7 Å². The lowest BCUT2D eigenvalue weighted by atomic mass is 9.99. The molecule has 0 radical (unpaired) electrons. The highest BCUT2D eigenvalue weighted by molar-refractivity contribution is 6.29. The van der Waals surface area contributed by atoms with Crippen LogP contribution >= 0.6 is 11.6 Å². The summed E-state index contributed by atoms with van der Waals surface area (Å²) in [5, 5.41) is 13.4. The van der Waals surface area contributed by atoms with E-state index < -0.39 is 0 Å². The van der Waals surface area contributed by atoms with E-state index in [1.54, 1.807) is 6.07 Å². The Kier molecular flexibility index (Phi) is 3.79. The molecule has 1 saturated carbocycles. The Morgan fingerprint density at radius 2 is 2.12 bits per heavy atom. The lowest BCUT2D eigenvalue weighted by Crippen LogP contribution is -2.45. The number of hydrogen-bond acceptors (Lipinski definition) is 3. The smallest absolute Gasteiger partial charge is 0.129 e. The Hall–Kier alpha value is -0.640. The highest BCUT2D eigenvalue weighted by Crippen LogP contribution is 2.29. The monoisotopic (exact) mass is 240 g/mol. The molecule has 1 fully saturated rings. The van der Waals surface area contributed by atoms with E-state index in [9.17, 15) is 5.11 Å². The molecule has 1 aliphatic rings. The van der Waals surface area contributed by atoms with Crippen molar-refractivity contribution >= 4 is 11.6 Å². The van der Waals surface area contributed by atoms with Gasteiger partial charge in [-0.15, -0.1) is 0 Å². The molecule has 1 aliphatic carbocycles. The number of aromatic nitrogens is 1. The van der Waals surface area contributed by atoms with Crippen molar-refractivity contribution in [2.75, 3.05) is 6.61 Å². The zero-order valence-electron chi connectivity index (χ0n) is 9.25. The fourth-order valence-electron chi connectivity index (χ4n) is 2.27. The van der Waals surface area contributed by atoms with Crippen LogP contribution in [0.4, 0.5) is 0 Å². The molecule has 1 aromatic heterocycles. The highest BCUT2D eigenvalue weighted by atomic mass is 35.5. The molecule has 2 rings (SSSR count). The molecular formula is C12H17ClN2O. The number of nitrogens with one attached hydrogen (secondary N) is 1. The van der Waals surface area contributed by atoms with Gasteiger partial charge in [0.05, 0.1) is 12.3 Å². The standard InChI is InChI=1S/C12H17ClN2O/c13-11-5-3-4-10(15-11)8-14-12(9-16)6-1-2-7-12/h3-5,14,16H,1-2,6-9H2. The number of aliphatic hydroxyl groups excluding tert-OH is 1. The fourth-order valence-corrected chi connectivity index (χ4v) is 2.45. The second-order valence-corrected chi connectivity index (χ2v) is 4.84. The van der Waals surface area contributed by atoms with Crippen molar-refractivity contribution in [2.45, 2.75) is 37.8 Å². The van der Waals surface area contributed by atoms with Crippen LogP contribution in [0.1, 0.15) is 31.4 Å². The summed E-state index contributed by atoms with van der Waals surface area (Å²) in [6.45, 7) is 0.870. The normalized spacial score (nSPS) is 18.9. The van der Waals surface area contributed by atoms with Crippen molar-refractivity contribution in [3.63, 3.8) is 0 Å². The van der Waals surface area contributed by atoms with Gasteiger partial charge < -0.3 is 10.4 Å². The summed E-state index contributed by atoms with van der Waals surface area (Å²) in [7, 11) is 0. The first kappa shape index (κ1) is 11.8. The highest BCUT2D eigenvalue weighted by Gasteiger charge is 2.32. The number of hydrogen-bond donors (Lipinski definition) is 2. The van der Waals surface area contributed by atoms with E-state index in [4.69, 9.17) is 11.6 Å². The van der Waals surface area contributed by atoms with Gasteiger partial charge in [-0.05, 0) is 25.0 Å². The topological polar surface area (TPSA) is 45.1 Å². The summed E-state index contributed by atoms with van der Waals surface area (Å²) in [6.07, 6.45) is 4.47. The average molecular weight is 241 g/mol. The Labute approximate surface area is 101 Å². The van der Waals surface area contributed by atoms with Crippen LogP contribution in [-0.4, -0.2) is 22.2 Å². The quantitative estimate of drug-likeness (QED) is 0.793. The zero-order valence-corrected chi connectivity index (χ0v) is 10.0. The van der Waals surface area contributed by atoms with Gasteiger partial charge in [0.1, 0.15) is 5.15 Å². The van der Waals surface area contributed by atoms with Gasteiger partial charge in [-0.25, -0.2) is 4.98 Å². The molecule has 0 amide bonds. The number of nitrogens with zero attached hydrogens (tertiary/aromatic N) is 1. The van der Waals surface area contributed by atoms with Crippen LogP contribution < -0.4 is 5.32 Å². The molecule has 3 nitrogen and oxygen atoms in total. The first-order valence-corrected chi connectivity index (χ1v) is 6.09. The van der Waals surface area contributed by atoms with Crippen molar-refractivity contribution in [3.05, 3.63) is 29.0 Å². The van der Waals surface area contributed by atoms with Crippen molar-refractivity contribution in [1.82, 2.24) is 10.3 Å². The summed E-state index contributed by atoms with van der Waals surface area (Å²) in [6, 6.07) is 5.61. The van der Waals surface area contributed by atoms with E-state index in [1.807, 2.05) is 12.1 Å². The number of aliphatic hydroxyl groups is 1. The van der Waals surface area contributed by atoms with E-state index in [1.165, 1.54) is 12.8 Å². The molecule has 0 bridgehead atoms. The third kappa shape index (κ3) is 2.73. The Bertz CT molecular complexity index is 351. The van der Waals surface area contributed by atoms with Crippen LogP contribution in [0.25, 0.3) is 0 Å². The van der Waals surface area contributed by atoms with E-state index >= 15 is 0 Å². The first-order valence-electron chi connectivity index (χ1n) is 5.71. The number of rotatable bonds is 4. The predicted octanol–water partition coefficient (Wildman–Crippen LogP) is 2.13. The largest absolute Gasteiger partial charge is 0.394 e. The summed E-state index contributed by atoms with van der Waals surface area (Å²) in [4.78, 5) is 4.22. The number of halogens is 1. The summed E-state index contributed by atoms with van der Waals surface area (Å²) in [5.41, 5.74) is 0.830. The van der Waals surface area contributed by atoms with Crippen LogP contribution in [0.3, 0.4) is 0 Å². The van der Waals surface area contributed by atoms with Crippen LogP contribution in [0.15, 0.2) is 18.2 Å². The van der Waals surface area contributed by atoms with Gasteiger partial charge in [0.25, 0.3) is 0 Å². The zero-order chi connectivity index (χ0) is 11.4. The minimum Gasteiger partial charge on any atom is -0.394 e. The Morgan fingerprint density at radius 1 is 1.38 bits per heavy atom. The maximum Gasteiger partial charge on any atom is 0.129 e. The first-order chi connectivity index (χ1) is 7.74. The molecule has 1 heterocycles. The molecule has 4 heteroatoms. The SMILES string of the molecule is OCC1(NCc2cccc(Cl)n2)CCCC1. The molecule has 16 heavy (non-hydrogen) atoms. The molecule has 0 saturated heterocycles. The molecular weight excluding hydrogens is 224 g/mol. The molecule has 0 spiro atoms. The summed E-state index contributed by atoms with van der Waals surface area (Å²) in [5.74, 6) is 0. The summed E-state index contributed by atoms with van der Waals surface area (Å²) >= 11 is 5.82.